The molecule has 6 rings (SSSR count). The van der Waals surface area contributed by atoms with Crippen LogP contribution in [0.25, 0.3) is 0 Å². The van der Waals surface area contributed by atoms with Crippen LogP contribution in [0.2, 0.25) is 0 Å². The molecule has 0 amide bonds. The Kier molecular flexibility index (Phi) is 7.55. The van der Waals surface area contributed by atoms with Crippen LogP contribution in [0.15, 0.2) is 78.9 Å². The summed E-state index contributed by atoms with van der Waals surface area (Å²) in [5.74, 6) is 2.44. The molecule has 4 aromatic rings. The highest BCUT2D eigenvalue weighted by molar-refractivity contribution is 6.07. The molecule has 0 bridgehead atoms. The molecule has 4 aromatic carbocycles. The van der Waals surface area contributed by atoms with Crippen LogP contribution in [0.4, 0.5) is 0 Å². The monoisotopic (exact) mass is 564 g/mol. The van der Waals surface area contributed by atoms with Crippen LogP contribution >= 0.6 is 0 Å². The van der Waals surface area contributed by atoms with Crippen molar-refractivity contribution in [2.24, 2.45) is 0 Å². The molecule has 2 aliphatic rings. The summed E-state index contributed by atoms with van der Waals surface area (Å²) in [5, 5.41) is 0. The lowest BCUT2D eigenvalue weighted by atomic mass is 9.84. The van der Waals surface area contributed by atoms with Gasteiger partial charge in [0.05, 0.1) is 13.0 Å². The van der Waals surface area contributed by atoms with Crippen molar-refractivity contribution < 1.29 is 28.5 Å². The van der Waals surface area contributed by atoms with Crippen LogP contribution < -0.4 is 23.7 Å². The van der Waals surface area contributed by atoms with Crippen molar-refractivity contribution in [3.05, 3.63) is 112 Å². The van der Waals surface area contributed by atoms with E-state index in [-0.39, 0.29) is 18.0 Å². The van der Waals surface area contributed by atoms with E-state index in [4.69, 9.17) is 23.7 Å². The Hall–Kier alpha value is -4.45. The molecule has 216 valence electrons. The lowest BCUT2D eigenvalue weighted by Gasteiger charge is -2.36. The van der Waals surface area contributed by atoms with Gasteiger partial charge in [-0.25, -0.2) is 0 Å². The zero-order chi connectivity index (χ0) is 29.3. The van der Waals surface area contributed by atoms with Gasteiger partial charge in [-0.05, 0) is 68.0 Å². The highest BCUT2D eigenvalue weighted by Gasteiger charge is 2.39. The molecule has 0 fully saturated rings. The molecule has 0 spiro atoms. The Bertz CT molecular complexity index is 1590. The van der Waals surface area contributed by atoms with E-state index in [1.54, 1.807) is 7.11 Å². The number of aryl methyl sites for hydroxylation is 1. The van der Waals surface area contributed by atoms with E-state index in [9.17, 15) is 4.79 Å². The normalized spacial score (nSPS) is 16.9. The fourth-order valence-corrected chi connectivity index (χ4v) is 5.71. The van der Waals surface area contributed by atoms with Gasteiger partial charge in [-0.3, -0.25) is 4.79 Å². The average Bonchev–Trinajstić information content (AvgIpc) is 2.99. The molecular formula is C36H36O6. The van der Waals surface area contributed by atoms with Crippen LogP contribution in [-0.4, -0.2) is 25.1 Å². The molecule has 0 saturated carbocycles. The molecule has 0 aliphatic carbocycles. The number of fused-ring (bicyclic) bond motifs is 2. The number of hydrogen-bond acceptors (Lipinski definition) is 6. The third-order valence-electron chi connectivity index (χ3n) is 8.03. The number of Topliss-reactive ketones (excluding diaryl/α,β-unsaturated/α-hetero) is 1. The van der Waals surface area contributed by atoms with Crippen LogP contribution in [-0.2, 0) is 19.6 Å². The first-order valence-corrected chi connectivity index (χ1v) is 14.4. The minimum Gasteiger partial charge on any atom is -0.493 e. The van der Waals surface area contributed by atoms with Gasteiger partial charge < -0.3 is 23.7 Å². The van der Waals surface area contributed by atoms with Crippen LogP contribution in [0.1, 0.15) is 64.4 Å². The maximum atomic E-state index is 14.3. The van der Waals surface area contributed by atoms with Gasteiger partial charge in [0, 0.05) is 11.6 Å². The summed E-state index contributed by atoms with van der Waals surface area (Å²) < 4.78 is 30.9. The van der Waals surface area contributed by atoms with Gasteiger partial charge in [-0.2, -0.15) is 0 Å². The molecular weight excluding hydrogens is 528 g/mol. The molecule has 1 atom stereocenters. The number of methoxy groups -OCH3 is 1. The third-order valence-corrected chi connectivity index (χ3v) is 8.03. The summed E-state index contributed by atoms with van der Waals surface area (Å²) in [7, 11) is 1.61. The van der Waals surface area contributed by atoms with Gasteiger partial charge in [-0.1, -0.05) is 60.7 Å². The molecule has 2 heterocycles. The van der Waals surface area contributed by atoms with E-state index in [0.29, 0.717) is 41.8 Å². The molecule has 1 unspecified atom stereocenters. The molecule has 6 heteroatoms. The van der Waals surface area contributed by atoms with Crippen molar-refractivity contribution in [1.29, 1.82) is 0 Å². The van der Waals surface area contributed by atoms with Crippen molar-refractivity contribution in [1.82, 2.24) is 0 Å². The second-order valence-electron chi connectivity index (χ2n) is 11.6. The minimum absolute atomic E-state index is 0.0324. The van der Waals surface area contributed by atoms with Crippen molar-refractivity contribution in [3.63, 3.8) is 0 Å². The number of hydrogen-bond donors (Lipinski definition) is 0. The van der Waals surface area contributed by atoms with Crippen LogP contribution in [0.5, 0.6) is 28.7 Å². The Morgan fingerprint density at radius 1 is 0.857 bits per heavy atom. The van der Waals surface area contributed by atoms with Gasteiger partial charge in [0.15, 0.2) is 17.3 Å². The zero-order valence-corrected chi connectivity index (χ0v) is 24.6. The first-order chi connectivity index (χ1) is 20.3. The van der Waals surface area contributed by atoms with E-state index in [1.165, 1.54) is 0 Å². The highest BCUT2D eigenvalue weighted by Crippen LogP contribution is 2.49. The Balaban J connectivity index is 1.34. The van der Waals surface area contributed by atoms with Crippen molar-refractivity contribution in [2.45, 2.75) is 58.3 Å². The fraction of sp³-hybridized carbons (Fsp3) is 0.306. The Labute approximate surface area is 247 Å². The first kappa shape index (κ1) is 27.7. The van der Waals surface area contributed by atoms with Gasteiger partial charge in [-0.15, -0.1) is 0 Å². The molecule has 0 radical (unpaired) electrons. The predicted molar refractivity (Wildman–Crippen MR) is 161 cm³/mol. The molecule has 0 saturated heterocycles. The minimum atomic E-state index is -0.521. The van der Waals surface area contributed by atoms with E-state index >= 15 is 0 Å². The molecule has 0 N–H and O–H groups in total. The second kappa shape index (κ2) is 11.4. The number of benzene rings is 4. The quantitative estimate of drug-likeness (QED) is 0.219. The number of carbonyl (C=O) groups is 1. The van der Waals surface area contributed by atoms with E-state index in [0.717, 1.165) is 46.4 Å². The predicted octanol–water partition coefficient (Wildman–Crippen LogP) is 7.62. The van der Waals surface area contributed by atoms with E-state index < -0.39 is 5.92 Å². The summed E-state index contributed by atoms with van der Waals surface area (Å²) in [5.41, 5.74) is 4.95. The van der Waals surface area contributed by atoms with Gasteiger partial charge >= 0.3 is 0 Å². The Morgan fingerprint density at radius 2 is 1.52 bits per heavy atom. The third kappa shape index (κ3) is 5.54. The summed E-state index contributed by atoms with van der Waals surface area (Å²) in [4.78, 5) is 14.3. The standard InChI is InChI=1S/C36H36O6/c1-23-17-31(39-20-24-11-7-5-8-12-24)30(38-4)18-27(23)28-22-40-32-19-29-26(15-16-36(2,3)42-29)35(33(32)34(28)37)41-21-25-13-9-6-10-14-25/h5-14,17-19,28H,15-16,20-22H2,1-4H3. The summed E-state index contributed by atoms with van der Waals surface area (Å²) >= 11 is 0. The average molecular weight is 565 g/mol. The number of carbonyl (C=O) groups excluding carboxylic acids is 1. The highest BCUT2D eigenvalue weighted by atomic mass is 16.5. The topological polar surface area (TPSA) is 63.2 Å². The summed E-state index contributed by atoms with van der Waals surface area (Å²) in [6.07, 6.45) is 1.57. The molecule has 42 heavy (non-hydrogen) atoms. The molecule has 0 aromatic heterocycles. The molecule has 6 nitrogen and oxygen atoms in total. The van der Waals surface area contributed by atoms with Crippen molar-refractivity contribution >= 4 is 5.78 Å². The van der Waals surface area contributed by atoms with Crippen molar-refractivity contribution in [2.75, 3.05) is 13.7 Å². The number of ether oxygens (including phenoxy) is 5. The van der Waals surface area contributed by atoms with E-state index in [1.807, 2.05) is 85.8 Å². The Morgan fingerprint density at radius 3 is 2.19 bits per heavy atom. The van der Waals surface area contributed by atoms with Gasteiger partial charge in [0.1, 0.15) is 48.2 Å². The lowest BCUT2D eigenvalue weighted by Crippen LogP contribution is -2.34. The lowest BCUT2D eigenvalue weighted by molar-refractivity contribution is 0.0803. The molecule has 2 aliphatic heterocycles. The maximum absolute atomic E-state index is 14.3. The summed E-state index contributed by atoms with van der Waals surface area (Å²) in [6.45, 7) is 7.10. The second-order valence-corrected chi connectivity index (χ2v) is 11.6. The first-order valence-electron chi connectivity index (χ1n) is 14.4. The summed E-state index contributed by atoms with van der Waals surface area (Å²) in [6, 6.07) is 25.7. The zero-order valence-electron chi connectivity index (χ0n) is 24.6. The van der Waals surface area contributed by atoms with Gasteiger partial charge in [0.25, 0.3) is 0 Å². The number of rotatable bonds is 8. The smallest absolute Gasteiger partial charge is 0.181 e. The largest absolute Gasteiger partial charge is 0.493 e. The van der Waals surface area contributed by atoms with Crippen molar-refractivity contribution in [3.8, 4) is 28.7 Å². The van der Waals surface area contributed by atoms with E-state index in [2.05, 4.69) is 13.8 Å². The SMILES string of the molecule is COc1cc(C2COc3cc4c(c(OCc5ccccc5)c3C2=O)CCC(C)(C)O4)c(C)cc1OCc1ccccc1. The van der Waals surface area contributed by atoms with Gasteiger partial charge in [0.2, 0.25) is 0 Å². The maximum Gasteiger partial charge on any atom is 0.181 e. The number of ketones is 1. The fourth-order valence-electron chi connectivity index (χ4n) is 5.71. The van der Waals surface area contributed by atoms with Crippen LogP contribution in [0, 0.1) is 6.92 Å². The van der Waals surface area contributed by atoms with Crippen LogP contribution in [0.3, 0.4) is 0 Å².